The van der Waals surface area contributed by atoms with Gasteiger partial charge in [-0.1, -0.05) is 18.2 Å². The molecule has 0 aromatic heterocycles. The number of methoxy groups -OCH3 is 1. The average Bonchev–Trinajstić information content (AvgIpc) is 3.10. The van der Waals surface area contributed by atoms with Gasteiger partial charge in [-0.15, -0.1) is 0 Å². The van der Waals surface area contributed by atoms with Crippen molar-refractivity contribution < 1.29 is 14.1 Å². The molecule has 2 aromatic carbocycles. The van der Waals surface area contributed by atoms with Crippen molar-refractivity contribution in [3.05, 3.63) is 75.6 Å². The molecule has 2 aliphatic rings. The summed E-state index contributed by atoms with van der Waals surface area (Å²) in [7, 11) is 1.42. The first-order valence-electron chi connectivity index (χ1n) is 8.13. The van der Waals surface area contributed by atoms with E-state index in [1.807, 2.05) is 6.07 Å². The molecule has 1 heterocycles. The topological polar surface area (TPSA) is 64.4 Å². The second-order valence-corrected chi connectivity index (χ2v) is 6.40. The number of hydrogen-bond acceptors (Lipinski definition) is 4. The Labute approximate surface area is 144 Å². The zero-order valence-electron chi connectivity index (χ0n) is 13.6. The number of ether oxygens (including phenoxy) is 1. The molecule has 2 aromatic rings. The Morgan fingerprint density at radius 2 is 2.12 bits per heavy atom. The maximum atomic E-state index is 13.7. The largest absolute Gasteiger partial charge is 0.490 e. The van der Waals surface area contributed by atoms with Crippen LogP contribution in [0.25, 0.3) is 0 Å². The van der Waals surface area contributed by atoms with E-state index in [1.165, 1.54) is 13.2 Å². The third-order valence-corrected chi connectivity index (χ3v) is 5.08. The van der Waals surface area contributed by atoms with E-state index in [2.05, 4.69) is 17.5 Å². The summed E-state index contributed by atoms with van der Waals surface area (Å²) in [5.41, 5.74) is 2.60. The van der Waals surface area contributed by atoms with Crippen molar-refractivity contribution in [1.29, 1.82) is 0 Å². The van der Waals surface area contributed by atoms with Crippen molar-refractivity contribution in [2.24, 2.45) is 5.92 Å². The lowest BCUT2D eigenvalue weighted by atomic mass is 9.77. The minimum atomic E-state index is -0.432. The molecule has 0 spiro atoms. The van der Waals surface area contributed by atoms with Crippen molar-refractivity contribution in [3.8, 4) is 5.75 Å². The highest BCUT2D eigenvalue weighted by atomic mass is 19.1. The second-order valence-electron chi connectivity index (χ2n) is 6.40. The predicted octanol–water partition coefficient (Wildman–Crippen LogP) is 4.57. The van der Waals surface area contributed by atoms with E-state index >= 15 is 0 Å². The predicted molar refractivity (Wildman–Crippen MR) is 92.4 cm³/mol. The van der Waals surface area contributed by atoms with Gasteiger partial charge >= 0.3 is 5.69 Å². The zero-order valence-corrected chi connectivity index (χ0v) is 13.6. The van der Waals surface area contributed by atoms with Crippen molar-refractivity contribution in [3.63, 3.8) is 0 Å². The fourth-order valence-corrected chi connectivity index (χ4v) is 3.94. The molecule has 1 aliphatic heterocycles. The highest BCUT2D eigenvalue weighted by molar-refractivity contribution is 5.61. The minimum Gasteiger partial charge on any atom is -0.490 e. The van der Waals surface area contributed by atoms with E-state index in [-0.39, 0.29) is 35.1 Å². The average molecular weight is 340 g/mol. The normalized spacial score (nSPS) is 23.5. The highest BCUT2D eigenvalue weighted by Gasteiger charge is 2.38. The Kier molecular flexibility index (Phi) is 3.67. The summed E-state index contributed by atoms with van der Waals surface area (Å²) < 4.78 is 18.7. The number of hydrogen-bond donors (Lipinski definition) is 1. The lowest BCUT2D eigenvalue weighted by Crippen LogP contribution is -2.29. The van der Waals surface area contributed by atoms with Crippen LogP contribution in [0.4, 0.5) is 15.8 Å². The lowest BCUT2D eigenvalue weighted by molar-refractivity contribution is -0.385. The number of nitro benzene ring substituents is 1. The molecule has 5 nitrogen and oxygen atoms in total. The fraction of sp³-hybridized carbons (Fsp3) is 0.263. The first kappa shape index (κ1) is 15.6. The first-order chi connectivity index (χ1) is 12.1. The van der Waals surface area contributed by atoms with Crippen LogP contribution in [0.3, 0.4) is 0 Å². The van der Waals surface area contributed by atoms with Gasteiger partial charge in [-0.2, -0.15) is 0 Å². The third kappa shape index (κ3) is 2.54. The van der Waals surface area contributed by atoms with E-state index in [1.54, 1.807) is 24.3 Å². The van der Waals surface area contributed by atoms with Crippen molar-refractivity contribution in [2.45, 2.75) is 18.4 Å². The number of nitrogens with zero attached hydrogens (tertiary/aromatic N) is 1. The van der Waals surface area contributed by atoms with Gasteiger partial charge in [0.15, 0.2) is 5.75 Å². The number of nitrogens with one attached hydrogen (secondary N) is 1. The zero-order chi connectivity index (χ0) is 17.6. The SMILES string of the molecule is COc1ccc([C@@H]2Nc3ccc(F)cc3[C@@H]3C=CC[C@@H]32)cc1[N+](=O)[O-]. The van der Waals surface area contributed by atoms with Gasteiger partial charge in [0.2, 0.25) is 0 Å². The summed E-state index contributed by atoms with van der Waals surface area (Å²) in [6.45, 7) is 0. The van der Waals surface area contributed by atoms with E-state index in [9.17, 15) is 14.5 Å². The number of halogens is 1. The number of fused-ring (bicyclic) bond motifs is 3. The lowest BCUT2D eigenvalue weighted by Gasteiger charge is -2.37. The maximum Gasteiger partial charge on any atom is 0.311 e. The molecule has 25 heavy (non-hydrogen) atoms. The van der Waals surface area contributed by atoms with Crippen molar-refractivity contribution in [1.82, 2.24) is 0 Å². The van der Waals surface area contributed by atoms with Gasteiger partial charge in [-0.05, 0) is 47.7 Å². The summed E-state index contributed by atoms with van der Waals surface area (Å²) in [5, 5.41) is 14.8. The molecule has 0 saturated carbocycles. The molecular formula is C19H17FN2O3. The van der Waals surface area contributed by atoms with Gasteiger partial charge < -0.3 is 10.1 Å². The molecule has 0 radical (unpaired) electrons. The van der Waals surface area contributed by atoms with E-state index in [0.29, 0.717) is 0 Å². The third-order valence-electron chi connectivity index (χ3n) is 5.08. The van der Waals surface area contributed by atoms with Gasteiger partial charge in [0, 0.05) is 17.7 Å². The second kappa shape index (κ2) is 5.88. The molecule has 3 atom stereocenters. The molecule has 0 bridgehead atoms. The van der Waals surface area contributed by atoms with E-state index in [4.69, 9.17) is 4.74 Å². The molecule has 0 amide bonds. The van der Waals surface area contributed by atoms with Crippen LogP contribution in [-0.4, -0.2) is 12.0 Å². The van der Waals surface area contributed by atoms with Crippen LogP contribution in [0.1, 0.15) is 29.5 Å². The van der Waals surface area contributed by atoms with Crippen LogP contribution >= 0.6 is 0 Å². The Bertz CT molecular complexity index is 881. The van der Waals surface area contributed by atoms with Crippen molar-refractivity contribution in [2.75, 3.05) is 12.4 Å². The number of benzene rings is 2. The quantitative estimate of drug-likeness (QED) is 0.505. The molecule has 6 heteroatoms. The highest BCUT2D eigenvalue weighted by Crippen LogP contribution is 2.50. The molecule has 0 unspecified atom stereocenters. The maximum absolute atomic E-state index is 13.7. The summed E-state index contributed by atoms with van der Waals surface area (Å²) in [6, 6.07) is 9.71. The molecule has 0 saturated heterocycles. The van der Waals surface area contributed by atoms with Gasteiger partial charge in [0.25, 0.3) is 0 Å². The number of rotatable bonds is 3. The summed E-state index contributed by atoms with van der Waals surface area (Å²) in [6.07, 6.45) is 5.05. The Hall–Kier alpha value is -2.89. The Balaban J connectivity index is 1.78. The van der Waals surface area contributed by atoms with Gasteiger partial charge in [0.05, 0.1) is 18.1 Å². The van der Waals surface area contributed by atoms with Crippen LogP contribution in [0.5, 0.6) is 5.75 Å². The summed E-state index contributed by atoms with van der Waals surface area (Å²) >= 11 is 0. The monoisotopic (exact) mass is 340 g/mol. The Morgan fingerprint density at radius 3 is 2.88 bits per heavy atom. The fourth-order valence-electron chi connectivity index (χ4n) is 3.94. The van der Waals surface area contributed by atoms with Crippen LogP contribution in [-0.2, 0) is 0 Å². The van der Waals surface area contributed by atoms with Gasteiger partial charge in [-0.3, -0.25) is 10.1 Å². The number of nitro groups is 1. The summed E-state index contributed by atoms with van der Waals surface area (Å²) in [4.78, 5) is 10.9. The van der Waals surface area contributed by atoms with Crippen LogP contribution in [0.15, 0.2) is 48.6 Å². The van der Waals surface area contributed by atoms with Crippen LogP contribution in [0, 0.1) is 21.8 Å². The molecule has 1 aliphatic carbocycles. The molecule has 128 valence electrons. The van der Waals surface area contributed by atoms with Crippen LogP contribution < -0.4 is 10.1 Å². The first-order valence-corrected chi connectivity index (χ1v) is 8.13. The minimum absolute atomic E-state index is 0.0470. The standard InChI is InChI=1S/C19H17FN2O3/c1-25-18-8-5-11(9-17(18)22(23)24)19-14-4-2-3-13(14)15-10-12(20)6-7-16(15)21-19/h2-3,5-10,13-14,19,21H,4H2,1H3/t13-,14+,19+/m1/s1. The smallest absolute Gasteiger partial charge is 0.311 e. The number of allylic oxidation sites excluding steroid dienone is 2. The number of anilines is 1. The molecule has 1 N–H and O–H groups in total. The van der Waals surface area contributed by atoms with E-state index in [0.717, 1.165) is 23.2 Å². The summed E-state index contributed by atoms with van der Waals surface area (Å²) in [5.74, 6) is 0.298. The molecule has 0 fully saturated rings. The van der Waals surface area contributed by atoms with Gasteiger partial charge in [-0.25, -0.2) is 4.39 Å². The van der Waals surface area contributed by atoms with Gasteiger partial charge in [0.1, 0.15) is 5.82 Å². The Morgan fingerprint density at radius 1 is 1.28 bits per heavy atom. The molecule has 4 rings (SSSR count). The molecular weight excluding hydrogens is 323 g/mol. The van der Waals surface area contributed by atoms with E-state index < -0.39 is 4.92 Å². The van der Waals surface area contributed by atoms with Crippen LogP contribution in [0.2, 0.25) is 0 Å². The van der Waals surface area contributed by atoms with Crippen molar-refractivity contribution >= 4 is 11.4 Å².